The fourth-order valence-corrected chi connectivity index (χ4v) is 5.98. The Hall–Kier alpha value is -2.29. The summed E-state index contributed by atoms with van der Waals surface area (Å²) in [5.41, 5.74) is 0. The molecule has 302 valence electrons. The van der Waals surface area contributed by atoms with E-state index < -0.39 is 99.1 Å². The van der Waals surface area contributed by atoms with E-state index in [0.29, 0.717) is 32.4 Å². The van der Waals surface area contributed by atoms with Crippen molar-refractivity contribution in [2.75, 3.05) is 32.9 Å². The molecule has 0 spiro atoms. The molecular formula is C35H63N3O14. The number of ether oxygens (including phenoxy) is 4. The van der Waals surface area contributed by atoms with E-state index in [0.717, 1.165) is 25.7 Å². The van der Waals surface area contributed by atoms with Crippen LogP contribution in [0.15, 0.2) is 12.7 Å². The van der Waals surface area contributed by atoms with Crippen molar-refractivity contribution in [2.45, 2.75) is 158 Å². The minimum Gasteiger partial charge on any atom is -0.394 e. The summed E-state index contributed by atoms with van der Waals surface area (Å²) in [5, 5.41) is 79.9. The molecule has 0 aliphatic carbocycles. The normalized spacial score (nSPS) is 29.6. The van der Waals surface area contributed by atoms with Crippen LogP contribution in [0.4, 0.5) is 0 Å². The lowest BCUT2D eigenvalue weighted by atomic mass is 9.97. The SMILES string of the molecule is C=CC(=O)NCCCCCC(=O)N[C@@H](CO[C@@H]1O[C@H](CO)[C@@H](O[C@@H]2O[C@H](CO)[C@H](O)[C@H](O)[C@H]2O)[C@H](O)[C@H]1O)C(=O)NCCCCCCCCCCC. The fraction of sp³-hybridized carbons (Fsp3) is 0.857. The summed E-state index contributed by atoms with van der Waals surface area (Å²) in [6, 6.07) is -1.19. The van der Waals surface area contributed by atoms with Crippen molar-refractivity contribution in [2.24, 2.45) is 0 Å². The van der Waals surface area contributed by atoms with E-state index in [4.69, 9.17) is 18.9 Å². The number of aliphatic hydroxyl groups excluding tert-OH is 7. The van der Waals surface area contributed by atoms with Gasteiger partial charge in [0.25, 0.3) is 0 Å². The van der Waals surface area contributed by atoms with Crippen LogP contribution < -0.4 is 16.0 Å². The average Bonchev–Trinajstić information content (AvgIpc) is 3.14. The maximum absolute atomic E-state index is 13.2. The topological polar surface area (TPSA) is 266 Å². The number of rotatable bonds is 26. The van der Waals surface area contributed by atoms with E-state index in [1.54, 1.807) is 0 Å². The molecule has 0 aromatic carbocycles. The van der Waals surface area contributed by atoms with Crippen LogP contribution in [-0.2, 0) is 33.3 Å². The van der Waals surface area contributed by atoms with Gasteiger partial charge in [-0.1, -0.05) is 71.3 Å². The highest BCUT2D eigenvalue weighted by Gasteiger charge is 2.50. The molecule has 0 aromatic rings. The number of hydrogen-bond acceptors (Lipinski definition) is 14. The zero-order valence-corrected chi connectivity index (χ0v) is 30.4. The standard InChI is InChI=1S/C35H63N3O14/c1-3-5-6-7-8-9-10-11-14-18-37-33(48)22(38-26(42)16-13-12-15-17-36-25(41)4-2)21-49-34-31(47)29(45)32(24(20-40)51-34)52-35-30(46)28(44)27(43)23(19-39)50-35/h4,22-24,27-32,34-35,39-40,43-47H,2-3,5-21H2,1H3,(H,36,41)(H,37,48)(H,38,42)/t22-,23+,24+,27-,28-,29+,30+,31+,32+,34+,35-/m0/s1. The van der Waals surface area contributed by atoms with E-state index >= 15 is 0 Å². The second-order valence-electron chi connectivity index (χ2n) is 13.4. The molecule has 11 atom stereocenters. The highest BCUT2D eigenvalue weighted by atomic mass is 16.7. The Bertz CT molecular complexity index is 1040. The number of nitrogens with one attached hydrogen (secondary N) is 3. The summed E-state index contributed by atoms with van der Waals surface area (Å²) in [5.74, 6) is -1.22. The zero-order chi connectivity index (χ0) is 38.5. The lowest BCUT2D eigenvalue weighted by molar-refractivity contribution is -0.359. The van der Waals surface area contributed by atoms with Gasteiger partial charge in [0, 0.05) is 19.5 Å². The molecule has 52 heavy (non-hydrogen) atoms. The molecule has 2 fully saturated rings. The van der Waals surface area contributed by atoms with E-state index in [1.807, 2.05) is 0 Å². The van der Waals surface area contributed by atoms with Gasteiger partial charge in [-0.15, -0.1) is 0 Å². The molecule has 10 N–H and O–H groups in total. The smallest absolute Gasteiger partial charge is 0.244 e. The van der Waals surface area contributed by atoms with E-state index in [-0.39, 0.29) is 12.3 Å². The number of aliphatic hydroxyl groups is 7. The van der Waals surface area contributed by atoms with Gasteiger partial charge < -0.3 is 70.6 Å². The molecule has 0 radical (unpaired) electrons. The van der Waals surface area contributed by atoms with Crippen molar-refractivity contribution < 1.29 is 69.1 Å². The van der Waals surface area contributed by atoms with Gasteiger partial charge in [-0.2, -0.15) is 0 Å². The maximum atomic E-state index is 13.2. The molecule has 2 rings (SSSR count). The van der Waals surface area contributed by atoms with E-state index in [9.17, 15) is 50.1 Å². The predicted molar refractivity (Wildman–Crippen MR) is 186 cm³/mol. The van der Waals surface area contributed by atoms with Crippen molar-refractivity contribution in [3.8, 4) is 0 Å². The fourth-order valence-electron chi connectivity index (χ4n) is 5.98. The highest BCUT2D eigenvalue weighted by molar-refractivity contribution is 5.87. The second kappa shape index (κ2) is 25.7. The van der Waals surface area contributed by atoms with Crippen molar-refractivity contribution in [3.63, 3.8) is 0 Å². The molecule has 0 saturated carbocycles. The van der Waals surface area contributed by atoms with Crippen LogP contribution in [0.1, 0.15) is 90.4 Å². The van der Waals surface area contributed by atoms with Crippen LogP contribution >= 0.6 is 0 Å². The van der Waals surface area contributed by atoms with Gasteiger partial charge in [0.15, 0.2) is 12.6 Å². The van der Waals surface area contributed by atoms with Crippen molar-refractivity contribution in [3.05, 3.63) is 12.7 Å². The summed E-state index contributed by atoms with van der Waals surface area (Å²) < 4.78 is 22.2. The average molecular weight is 750 g/mol. The van der Waals surface area contributed by atoms with Crippen LogP contribution in [0.3, 0.4) is 0 Å². The van der Waals surface area contributed by atoms with Crippen molar-refractivity contribution >= 4 is 17.7 Å². The third-order valence-electron chi connectivity index (χ3n) is 9.18. The lowest BCUT2D eigenvalue weighted by Crippen LogP contribution is -2.65. The second-order valence-corrected chi connectivity index (χ2v) is 13.4. The molecule has 2 heterocycles. The molecule has 2 aliphatic heterocycles. The van der Waals surface area contributed by atoms with Crippen LogP contribution in [0, 0.1) is 0 Å². The monoisotopic (exact) mass is 749 g/mol. The van der Waals surface area contributed by atoms with Gasteiger partial charge in [-0.05, 0) is 25.3 Å². The summed E-state index contributed by atoms with van der Waals surface area (Å²) in [6.45, 7) is 4.43. The third-order valence-corrected chi connectivity index (χ3v) is 9.18. The van der Waals surface area contributed by atoms with Gasteiger partial charge in [-0.3, -0.25) is 14.4 Å². The Morgan fingerprint density at radius 3 is 1.88 bits per heavy atom. The summed E-state index contributed by atoms with van der Waals surface area (Å²) in [4.78, 5) is 37.3. The molecule has 0 unspecified atom stereocenters. The molecule has 2 saturated heterocycles. The summed E-state index contributed by atoms with van der Waals surface area (Å²) in [7, 11) is 0. The lowest BCUT2D eigenvalue weighted by Gasteiger charge is -2.46. The number of carbonyl (C=O) groups is 3. The molecule has 0 aromatic heterocycles. The van der Waals surface area contributed by atoms with Crippen LogP contribution in [0.25, 0.3) is 0 Å². The van der Waals surface area contributed by atoms with Gasteiger partial charge >= 0.3 is 0 Å². The van der Waals surface area contributed by atoms with Crippen LogP contribution in [0.2, 0.25) is 0 Å². The van der Waals surface area contributed by atoms with Crippen LogP contribution in [-0.4, -0.2) is 154 Å². The van der Waals surface area contributed by atoms with Crippen molar-refractivity contribution in [1.29, 1.82) is 0 Å². The van der Waals surface area contributed by atoms with Gasteiger partial charge in [0.2, 0.25) is 17.7 Å². The summed E-state index contributed by atoms with van der Waals surface area (Å²) in [6.07, 6.45) is -3.28. The Morgan fingerprint density at radius 1 is 0.712 bits per heavy atom. The molecule has 3 amide bonds. The molecular weight excluding hydrogens is 686 g/mol. The number of unbranched alkanes of at least 4 members (excludes halogenated alkanes) is 10. The first kappa shape index (κ1) is 45.9. The third kappa shape index (κ3) is 15.6. The Kier molecular flexibility index (Phi) is 22.6. The first-order valence-corrected chi connectivity index (χ1v) is 18.7. The Morgan fingerprint density at radius 2 is 1.27 bits per heavy atom. The van der Waals surface area contributed by atoms with E-state index in [2.05, 4.69) is 29.5 Å². The van der Waals surface area contributed by atoms with Gasteiger partial charge in [0.05, 0.1) is 19.8 Å². The van der Waals surface area contributed by atoms with Crippen LogP contribution in [0.5, 0.6) is 0 Å². The largest absolute Gasteiger partial charge is 0.394 e. The van der Waals surface area contributed by atoms with E-state index in [1.165, 1.54) is 38.2 Å². The molecule has 17 heteroatoms. The molecule has 0 bridgehead atoms. The predicted octanol–water partition coefficient (Wildman–Crippen LogP) is -1.38. The molecule has 2 aliphatic rings. The number of carbonyl (C=O) groups excluding carboxylic acids is 3. The number of amides is 3. The quantitative estimate of drug-likeness (QED) is 0.0361. The number of hydrogen-bond donors (Lipinski definition) is 10. The van der Waals surface area contributed by atoms with Crippen molar-refractivity contribution in [1.82, 2.24) is 16.0 Å². The Labute approximate surface area is 306 Å². The molecule has 17 nitrogen and oxygen atoms in total. The minimum absolute atomic E-state index is 0.0995. The zero-order valence-electron chi connectivity index (χ0n) is 30.4. The minimum atomic E-state index is -1.81. The van der Waals surface area contributed by atoms with Gasteiger partial charge in [0.1, 0.15) is 54.9 Å². The summed E-state index contributed by atoms with van der Waals surface area (Å²) >= 11 is 0. The highest BCUT2D eigenvalue weighted by Crippen LogP contribution is 2.29. The first-order valence-electron chi connectivity index (χ1n) is 18.7. The first-order chi connectivity index (χ1) is 25.0. The maximum Gasteiger partial charge on any atom is 0.244 e. The van der Waals surface area contributed by atoms with Gasteiger partial charge in [-0.25, -0.2) is 0 Å². The Balaban J connectivity index is 1.96.